The lowest BCUT2D eigenvalue weighted by Crippen LogP contribution is -2.39. The van der Waals surface area contributed by atoms with E-state index < -0.39 is 0 Å². The fourth-order valence-electron chi connectivity index (χ4n) is 6.62. The third kappa shape index (κ3) is 3.32. The predicted molar refractivity (Wildman–Crippen MR) is 170 cm³/mol. The number of furan rings is 1. The second-order valence-corrected chi connectivity index (χ2v) is 10.8. The zero-order chi connectivity index (χ0) is 27.6. The van der Waals surface area contributed by atoms with E-state index in [1.54, 1.807) is 0 Å². The van der Waals surface area contributed by atoms with Crippen LogP contribution < -0.4 is 15.9 Å². The number of rotatable bonds is 3. The molecule has 9 rings (SSSR count). The minimum Gasteiger partial charge on any atom is -0.454 e. The van der Waals surface area contributed by atoms with Crippen molar-refractivity contribution < 1.29 is 4.42 Å². The lowest BCUT2D eigenvalue weighted by Gasteiger charge is -2.23. The molecule has 1 N–H and O–H groups in total. The molecule has 8 aromatic rings. The highest BCUT2D eigenvalue weighted by Gasteiger charge is 2.23. The molecule has 1 atom stereocenters. The van der Waals surface area contributed by atoms with Crippen molar-refractivity contribution in [2.45, 2.75) is 6.17 Å². The summed E-state index contributed by atoms with van der Waals surface area (Å²) in [4.78, 5) is 5.20. The number of fused-ring (bicyclic) bond motifs is 7. The maximum absolute atomic E-state index is 6.72. The average molecular weight is 540 g/mol. The summed E-state index contributed by atoms with van der Waals surface area (Å²) in [7, 11) is 0. The highest BCUT2D eigenvalue weighted by molar-refractivity contribution is 6.13. The van der Waals surface area contributed by atoms with Crippen LogP contribution in [0.2, 0.25) is 0 Å². The molecule has 0 saturated carbocycles. The number of benzene rings is 6. The van der Waals surface area contributed by atoms with Gasteiger partial charge in [-0.1, -0.05) is 109 Å². The van der Waals surface area contributed by atoms with Crippen LogP contribution in [0.4, 0.5) is 0 Å². The first kappa shape index (κ1) is 23.1. The van der Waals surface area contributed by atoms with Gasteiger partial charge in [0.15, 0.2) is 5.58 Å². The van der Waals surface area contributed by atoms with Gasteiger partial charge < -0.3 is 14.3 Å². The van der Waals surface area contributed by atoms with E-state index in [9.17, 15) is 0 Å². The van der Waals surface area contributed by atoms with Crippen LogP contribution in [0.25, 0.3) is 55.1 Å². The summed E-state index contributed by atoms with van der Waals surface area (Å²) in [6, 6.07) is 48.8. The molecule has 1 aliphatic rings. The molecule has 0 bridgehead atoms. The van der Waals surface area contributed by atoms with Crippen LogP contribution in [0.1, 0.15) is 17.3 Å². The first-order valence-corrected chi connectivity index (χ1v) is 14.3. The van der Waals surface area contributed by atoms with Crippen molar-refractivity contribution >= 4 is 49.4 Å². The van der Waals surface area contributed by atoms with Gasteiger partial charge >= 0.3 is 0 Å². The van der Waals surface area contributed by atoms with Gasteiger partial charge in [-0.15, -0.1) is 0 Å². The third-order valence-corrected chi connectivity index (χ3v) is 8.43. The third-order valence-electron chi connectivity index (χ3n) is 8.43. The van der Waals surface area contributed by atoms with Gasteiger partial charge in [-0.3, -0.25) is 4.99 Å². The van der Waals surface area contributed by atoms with Crippen LogP contribution in [0, 0.1) is 0 Å². The molecular formula is C38H25N3O. The van der Waals surface area contributed by atoms with E-state index in [-0.39, 0.29) is 6.17 Å². The largest absolute Gasteiger partial charge is 0.454 e. The van der Waals surface area contributed by atoms with E-state index in [0.29, 0.717) is 0 Å². The Kier molecular flexibility index (Phi) is 4.93. The Morgan fingerprint density at radius 2 is 1.26 bits per heavy atom. The molecule has 42 heavy (non-hydrogen) atoms. The minimum absolute atomic E-state index is 0.267. The number of hydrogen-bond donors (Lipinski definition) is 1. The Morgan fingerprint density at radius 1 is 0.595 bits per heavy atom. The van der Waals surface area contributed by atoms with E-state index in [1.165, 1.54) is 10.8 Å². The number of aromatic nitrogens is 1. The van der Waals surface area contributed by atoms with Crippen LogP contribution >= 0.6 is 0 Å². The summed E-state index contributed by atoms with van der Waals surface area (Å²) in [5, 5.41) is 10.5. The van der Waals surface area contributed by atoms with E-state index in [0.717, 1.165) is 66.1 Å². The van der Waals surface area contributed by atoms with E-state index in [1.807, 2.05) is 6.07 Å². The molecule has 6 aromatic carbocycles. The van der Waals surface area contributed by atoms with Crippen LogP contribution in [0.15, 0.2) is 149 Å². The van der Waals surface area contributed by atoms with Crippen LogP contribution in [-0.4, -0.2) is 4.57 Å². The summed E-state index contributed by atoms with van der Waals surface area (Å²) in [5.74, 6) is 0. The molecule has 0 saturated heterocycles. The number of nitrogens with zero attached hydrogens (tertiary/aromatic N) is 2. The fraction of sp³-hybridized carbons (Fsp3) is 0.0263. The molecule has 0 spiro atoms. The lowest BCUT2D eigenvalue weighted by atomic mass is 10.0. The van der Waals surface area contributed by atoms with E-state index >= 15 is 0 Å². The standard InChI is InChI=1S/C38H25N3O/c1-2-12-24(13-3-1)36-27-16-4-7-19-30(27)39-38(40-36)29-18-11-23-34-35(29)28-17-10-22-33(37(28)42-34)41-31-20-8-5-14-25(31)26-15-6-9-21-32(26)41/h1-23,38,40H. The summed E-state index contributed by atoms with van der Waals surface area (Å²) in [6.07, 6.45) is -0.267. The van der Waals surface area contributed by atoms with Crippen LogP contribution in [0.5, 0.6) is 0 Å². The smallest absolute Gasteiger partial charge is 0.159 e. The normalized spacial score (nSPS) is 14.8. The predicted octanol–water partition coefficient (Wildman–Crippen LogP) is 7.76. The molecule has 1 aliphatic heterocycles. The average Bonchev–Trinajstić information content (AvgIpc) is 3.61. The van der Waals surface area contributed by atoms with Gasteiger partial charge in [0.25, 0.3) is 0 Å². The highest BCUT2D eigenvalue weighted by Crippen LogP contribution is 2.40. The van der Waals surface area contributed by atoms with E-state index in [4.69, 9.17) is 9.41 Å². The van der Waals surface area contributed by atoms with Crippen molar-refractivity contribution in [3.05, 3.63) is 161 Å². The molecule has 3 heterocycles. The van der Waals surface area contributed by atoms with Gasteiger partial charge in [0.1, 0.15) is 11.7 Å². The van der Waals surface area contributed by atoms with Gasteiger partial charge in [0, 0.05) is 32.3 Å². The molecule has 4 nitrogen and oxygen atoms in total. The maximum atomic E-state index is 6.72. The second-order valence-electron chi connectivity index (χ2n) is 10.8. The van der Waals surface area contributed by atoms with Crippen molar-refractivity contribution in [3.8, 4) is 5.69 Å². The SMILES string of the molecule is c1ccc(C2=c3ccccc3=NC(c3cccc4oc5c(-n6c7ccccc7c7ccccc76)cccc5c34)N2)cc1. The second kappa shape index (κ2) is 8.95. The van der Waals surface area contributed by atoms with Gasteiger partial charge in [0.05, 0.1) is 27.8 Å². The number of nitrogens with one attached hydrogen (secondary N) is 1. The van der Waals surface area contributed by atoms with Crippen molar-refractivity contribution in [1.82, 2.24) is 9.88 Å². The summed E-state index contributed by atoms with van der Waals surface area (Å²) in [5.41, 5.74) is 8.40. The van der Waals surface area contributed by atoms with Gasteiger partial charge in [0.2, 0.25) is 0 Å². The van der Waals surface area contributed by atoms with Gasteiger partial charge in [-0.05, 0) is 35.9 Å². The monoisotopic (exact) mass is 539 g/mol. The zero-order valence-electron chi connectivity index (χ0n) is 22.7. The molecule has 0 aliphatic carbocycles. The molecule has 0 radical (unpaired) electrons. The fourth-order valence-corrected chi connectivity index (χ4v) is 6.62. The Labute approximate surface area is 241 Å². The Hall–Kier alpha value is -5.61. The molecule has 1 unspecified atom stereocenters. The Morgan fingerprint density at radius 3 is 2.07 bits per heavy atom. The summed E-state index contributed by atoms with van der Waals surface area (Å²) < 4.78 is 9.05. The van der Waals surface area contributed by atoms with Crippen molar-refractivity contribution in [3.63, 3.8) is 0 Å². The molecule has 0 fully saturated rings. The van der Waals surface area contributed by atoms with E-state index in [2.05, 4.69) is 143 Å². The van der Waals surface area contributed by atoms with Crippen LogP contribution in [0.3, 0.4) is 0 Å². The van der Waals surface area contributed by atoms with Gasteiger partial charge in [-0.25, -0.2) is 0 Å². The van der Waals surface area contributed by atoms with Crippen LogP contribution in [-0.2, 0) is 0 Å². The summed E-state index contributed by atoms with van der Waals surface area (Å²) >= 11 is 0. The first-order chi connectivity index (χ1) is 20.8. The lowest BCUT2D eigenvalue weighted by molar-refractivity contribution is 0.636. The van der Waals surface area contributed by atoms with Crippen molar-refractivity contribution in [2.75, 3.05) is 0 Å². The van der Waals surface area contributed by atoms with Gasteiger partial charge in [-0.2, -0.15) is 0 Å². The molecular weight excluding hydrogens is 514 g/mol. The molecule has 0 amide bonds. The first-order valence-electron chi connectivity index (χ1n) is 14.3. The maximum Gasteiger partial charge on any atom is 0.159 e. The van der Waals surface area contributed by atoms with Crippen molar-refractivity contribution in [1.29, 1.82) is 0 Å². The highest BCUT2D eigenvalue weighted by atomic mass is 16.3. The quantitative estimate of drug-likeness (QED) is 0.249. The molecule has 198 valence electrons. The number of para-hydroxylation sites is 4. The Balaban J connectivity index is 1.29. The number of hydrogen-bond acceptors (Lipinski definition) is 3. The molecule has 2 aromatic heterocycles. The topological polar surface area (TPSA) is 42.5 Å². The molecule has 4 heteroatoms. The van der Waals surface area contributed by atoms with Crippen molar-refractivity contribution in [2.24, 2.45) is 4.99 Å². The summed E-state index contributed by atoms with van der Waals surface area (Å²) in [6.45, 7) is 0. The minimum atomic E-state index is -0.267. The Bertz CT molecular complexity index is 2400. The zero-order valence-corrected chi connectivity index (χ0v) is 22.7.